The molecule has 0 N–H and O–H groups in total. The lowest BCUT2D eigenvalue weighted by Gasteiger charge is -2.60. The van der Waals surface area contributed by atoms with Gasteiger partial charge in [-0.1, -0.05) is 13.8 Å². The number of ether oxygens (including phenoxy) is 1. The normalized spacial score (nSPS) is 47.2. The van der Waals surface area contributed by atoms with Crippen molar-refractivity contribution in [1.82, 2.24) is 0 Å². The number of carbonyl (C=O) groups is 1. The van der Waals surface area contributed by atoms with Crippen molar-refractivity contribution in [3.8, 4) is 0 Å². The van der Waals surface area contributed by atoms with Gasteiger partial charge in [0.15, 0.2) is 0 Å². The van der Waals surface area contributed by atoms with E-state index in [1.54, 1.807) is 0 Å². The smallest absolute Gasteiger partial charge is 0.306 e. The largest absolute Gasteiger partial charge is 0.459 e. The second kappa shape index (κ2) is 4.00. The van der Waals surface area contributed by atoms with Crippen LogP contribution in [0.2, 0.25) is 0 Å². The van der Waals surface area contributed by atoms with Gasteiger partial charge >= 0.3 is 5.97 Å². The summed E-state index contributed by atoms with van der Waals surface area (Å²) in [5, 5.41) is 0. The molecule has 0 radical (unpaired) electrons. The van der Waals surface area contributed by atoms with Crippen LogP contribution in [-0.2, 0) is 9.53 Å². The maximum Gasteiger partial charge on any atom is 0.306 e. The molecule has 0 saturated heterocycles. The van der Waals surface area contributed by atoms with Crippen LogP contribution in [0.5, 0.6) is 0 Å². The summed E-state index contributed by atoms with van der Waals surface area (Å²) in [6.07, 6.45) is 8.23. The van der Waals surface area contributed by atoms with Crippen LogP contribution in [0, 0.1) is 23.7 Å². The Morgan fingerprint density at radius 2 is 1.82 bits per heavy atom. The fourth-order valence-electron chi connectivity index (χ4n) is 5.23. The van der Waals surface area contributed by atoms with Crippen LogP contribution in [0.25, 0.3) is 0 Å². The summed E-state index contributed by atoms with van der Waals surface area (Å²) in [5.41, 5.74) is -0.0589. The molecule has 3 unspecified atom stereocenters. The molecule has 2 nitrogen and oxygen atoms in total. The van der Waals surface area contributed by atoms with E-state index in [1.165, 1.54) is 25.7 Å². The molecule has 4 fully saturated rings. The SMILES string of the molecule is CCC(=O)OC12CC3CC(CC(C3)C1CC)C2. The molecule has 0 aromatic heterocycles. The Labute approximate surface area is 104 Å². The van der Waals surface area contributed by atoms with Crippen molar-refractivity contribution in [1.29, 1.82) is 0 Å². The topological polar surface area (TPSA) is 26.3 Å². The van der Waals surface area contributed by atoms with Crippen LogP contribution in [0.4, 0.5) is 0 Å². The van der Waals surface area contributed by atoms with Gasteiger partial charge < -0.3 is 4.74 Å². The van der Waals surface area contributed by atoms with Crippen LogP contribution in [-0.4, -0.2) is 11.6 Å². The molecule has 0 spiro atoms. The van der Waals surface area contributed by atoms with Gasteiger partial charge in [0.05, 0.1) is 0 Å². The van der Waals surface area contributed by atoms with Crippen LogP contribution in [0.3, 0.4) is 0 Å². The molecule has 4 aliphatic rings. The van der Waals surface area contributed by atoms with E-state index < -0.39 is 0 Å². The van der Waals surface area contributed by atoms with Gasteiger partial charge in [0, 0.05) is 12.3 Å². The number of carbonyl (C=O) groups excluding carboxylic acids is 1. The first kappa shape index (κ1) is 11.6. The standard InChI is InChI=1S/C15H24O2/c1-3-13-12-6-10-5-11(7-12)9-15(13,8-10)17-14(16)4-2/h10-13H,3-9H2,1-2H3. The Kier molecular flexibility index (Phi) is 2.72. The molecular weight excluding hydrogens is 212 g/mol. The highest BCUT2D eigenvalue weighted by Crippen LogP contribution is 2.60. The summed E-state index contributed by atoms with van der Waals surface area (Å²) >= 11 is 0. The lowest BCUT2D eigenvalue weighted by atomic mass is 9.49. The number of hydrogen-bond donors (Lipinski definition) is 0. The minimum Gasteiger partial charge on any atom is -0.459 e. The second-order valence-electron chi connectivity index (χ2n) is 6.51. The fraction of sp³-hybridized carbons (Fsp3) is 0.933. The predicted molar refractivity (Wildman–Crippen MR) is 66.5 cm³/mol. The summed E-state index contributed by atoms with van der Waals surface area (Å²) in [6, 6.07) is 0. The predicted octanol–water partition coefficient (Wildman–Crippen LogP) is 3.54. The molecule has 4 bridgehead atoms. The average Bonchev–Trinajstić information content (AvgIpc) is 2.27. The first-order valence-electron chi connectivity index (χ1n) is 7.38. The zero-order valence-corrected chi connectivity index (χ0v) is 11.1. The molecule has 4 saturated carbocycles. The van der Waals surface area contributed by atoms with Crippen molar-refractivity contribution in [2.24, 2.45) is 23.7 Å². The van der Waals surface area contributed by atoms with Crippen molar-refractivity contribution in [2.75, 3.05) is 0 Å². The summed E-state index contributed by atoms with van der Waals surface area (Å²) in [7, 11) is 0. The van der Waals surface area contributed by atoms with E-state index in [0.29, 0.717) is 12.3 Å². The van der Waals surface area contributed by atoms with E-state index in [1.807, 2.05) is 6.92 Å². The van der Waals surface area contributed by atoms with Gasteiger partial charge in [0.1, 0.15) is 5.60 Å². The first-order chi connectivity index (χ1) is 8.16. The Hall–Kier alpha value is -0.530. The molecule has 3 atom stereocenters. The zero-order valence-electron chi connectivity index (χ0n) is 11.1. The highest BCUT2D eigenvalue weighted by Gasteiger charge is 2.58. The lowest BCUT2D eigenvalue weighted by molar-refractivity contribution is -0.208. The number of esters is 1. The summed E-state index contributed by atoms with van der Waals surface area (Å²) < 4.78 is 5.96. The molecule has 4 aliphatic carbocycles. The fourth-order valence-corrected chi connectivity index (χ4v) is 5.23. The van der Waals surface area contributed by atoms with Crippen molar-refractivity contribution in [2.45, 2.75) is 64.4 Å². The van der Waals surface area contributed by atoms with Crippen molar-refractivity contribution in [3.05, 3.63) is 0 Å². The van der Waals surface area contributed by atoms with E-state index in [2.05, 4.69) is 6.92 Å². The highest BCUT2D eigenvalue weighted by atomic mass is 16.6. The summed E-state index contributed by atoms with van der Waals surface area (Å²) in [5.74, 6) is 3.20. The molecule has 0 aromatic carbocycles. The van der Waals surface area contributed by atoms with Crippen LogP contribution in [0.15, 0.2) is 0 Å². The van der Waals surface area contributed by atoms with Crippen molar-refractivity contribution in [3.63, 3.8) is 0 Å². The average molecular weight is 236 g/mol. The quantitative estimate of drug-likeness (QED) is 0.700. The molecule has 96 valence electrons. The molecule has 4 rings (SSSR count). The summed E-state index contributed by atoms with van der Waals surface area (Å²) in [6.45, 7) is 4.18. The van der Waals surface area contributed by atoms with E-state index in [4.69, 9.17) is 4.74 Å². The molecular formula is C15H24O2. The van der Waals surface area contributed by atoms with Gasteiger partial charge in [-0.2, -0.15) is 0 Å². The minimum atomic E-state index is -0.0589. The monoisotopic (exact) mass is 236 g/mol. The maximum atomic E-state index is 11.7. The third kappa shape index (κ3) is 1.71. The first-order valence-corrected chi connectivity index (χ1v) is 7.38. The molecule has 0 heterocycles. The van der Waals surface area contributed by atoms with Gasteiger partial charge in [-0.3, -0.25) is 4.79 Å². The third-order valence-corrected chi connectivity index (χ3v) is 5.50. The van der Waals surface area contributed by atoms with Crippen LogP contribution >= 0.6 is 0 Å². The van der Waals surface area contributed by atoms with Crippen LogP contribution < -0.4 is 0 Å². The Bertz CT molecular complexity index is 309. The van der Waals surface area contributed by atoms with Gasteiger partial charge in [-0.15, -0.1) is 0 Å². The molecule has 17 heavy (non-hydrogen) atoms. The minimum absolute atomic E-state index is 0.0189. The van der Waals surface area contributed by atoms with Gasteiger partial charge in [-0.25, -0.2) is 0 Å². The van der Waals surface area contributed by atoms with E-state index in [9.17, 15) is 4.79 Å². The number of hydrogen-bond acceptors (Lipinski definition) is 2. The van der Waals surface area contributed by atoms with Gasteiger partial charge in [-0.05, 0) is 56.3 Å². The lowest BCUT2D eigenvalue weighted by Crippen LogP contribution is -2.58. The maximum absolute atomic E-state index is 11.7. The third-order valence-electron chi connectivity index (χ3n) is 5.50. The molecule has 0 aliphatic heterocycles. The van der Waals surface area contributed by atoms with Gasteiger partial charge in [0.2, 0.25) is 0 Å². The van der Waals surface area contributed by atoms with Crippen molar-refractivity contribution >= 4 is 5.97 Å². The second-order valence-corrected chi connectivity index (χ2v) is 6.51. The van der Waals surface area contributed by atoms with Gasteiger partial charge in [0.25, 0.3) is 0 Å². The summed E-state index contributed by atoms with van der Waals surface area (Å²) in [4.78, 5) is 11.7. The molecule has 0 amide bonds. The van der Waals surface area contributed by atoms with E-state index in [-0.39, 0.29) is 11.6 Å². The Morgan fingerprint density at radius 3 is 2.35 bits per heavy atom. The molecule has 0 aromatic rings. The van der Waals surface area contributed by atoms with E-state index in [0.717, 1.165) is 30.6 Å². The Morgan fingerprint density at radius 1 is 1.18 bits per heavy atom. The zero-order chi connectivity index (χ0) is 12.0. The molecule has 2 heteroatoms. The van der Waals surface area contributed by atoms with E-state index >= 15 is 0 Å². The number of rotatable bonds is 3. The highest BCUT2D eigenvalue weighted by molar-refractivity contribution is 5.69. The van der Waals surface area contributed by atoms with Crippen molar-refractivity contribution < 1.29 is 9.53 Å². The van der Waals surface area contributed by atoms with Crippen LogP contribution in [0.1, 0.15) is 58.8 Å². The Balaban J connectivity index is 1.87.